The molecule has 1 unspecified atom stereocenters. The van der Waals surface area contributed by atoms with Gasteiger partial charge in [-0.15, -0.1) is 11.8 Å². The summed E-state index contributed by atoms with van der Waals surface area (Å²) in [5.74, 6) is 0.788. The van der Waals surface area contributed by atoms with Gasteiger partial charge in [0.15, 0.2) is 0 Å². The molecule has 1 aromatic rings. The maximum Gasteiger partial charge on any atom is 0.123 e. The number of hydrogen-bond acceptors (Lipinski definition) is 3. The predicted molar refractivity (Wildman–Crippen MR) is 80.1 cm³/mol. The summed E-state index contributed by atoms with van der Waals surface area (Å²) >= 11 is 1.73. The number of benzene rings is 1. The molecule has 0 saturated heterocycles. The lowest BCUT2D eigenvalue weighted by Gasteiger charge is -2.28. The molecule has 2 N–H and O–H groups in total. The van der Waals surface area contributed by atoms with Gasteiger partial charge in [0.2, 0.25) is 0 Å². The summed E-state index contributed by atoms with van der Waals surface area (Å²) in [5, 5.41) is 12.8. The lowest BCUT2D eigenvalue weighted by atomic mass is 9.97. The highest BCUT2D eigenvalue weighted by Gasteiger charge is 2.21. The molecule has 0 aliphatic rings. The zero-order valence-electron chi connectivity index (χ0n) is 11.8. The first kappa shape index (κ1) is 16.5. The molecule has 1 aromatic carbocycles. The maximum atomic E-state index is 12.8. The van der Waals surface area contributed by atoms with Gasteiger partial charge < -0.3 is 10.4 Å². The van der Waals surface area contributed by atoms with Gasteiger partial charge in [-0.2, -0.15) is 0 Å². The van der Waals surface area contributed by atoms with Crippen molar-refractivity contribution >= 4 is 11.8 Å². The number of halogens is 1. The first-order valence-corrected chi connectivity index (χ1v) is 7.82. The smallest absolute Gasteiger partial charge is 0.123 e. The second-order valence-electron chi connectivity index (χ2n) is 5.05. The van der Waals surface area contributed by atoms with Crippen molar-refractivity contribution in [2.24, 2.45) is 0 Å². The van der Waals surface area contributed by atoms with Crippen LogP contribution in [-0.4, -0.2) is 29.5 Å². The zero-order valence-corrected chi connectivity index (χ0v) is 12.6. The molecule has 1 atom stereocenters. The highest BCUT2D eigenvalue weighted by atomic mass is 32.2. The highest BCUT2D eigenvalue weighted by Crippen LogP contribution is 2.21. The largest absolute Gasteiger partial charge is 0.394 e. The maximum absolute atomic E-state index is 12.8. The minimum atomic E-state index is -0.194. The minimum Gasteiger partial charge on any atom is -0.394 e. The molecule has 0 fully saturated rings. The van der Waals surface area contributed by atoms with Gasteiger partial charge in [-0.1, -0.05) is 6.92 Å². The second kappa shape index (κ2) is 8.56. The number of hydrogen-bond donors (Lipinski definition) is 2. The molecular weight excluding hydrogens is 261 g/mol. The molecule has 1 rings (SSSR count). The van der Waals surface area contributed by atoms with Crippen molar-refractivity contribution in [3.8, 4) is 0 Å². The first-order valence-electron chi connectivity index (χ1n) is 6.84. The van der Waals surface area contributed by atoms with Crippen molar-refractivity contribution in [3.05, 3.63) is 30.1 Å². The molecule has 4 heteroatoms. The monoisotopic (exact) mass is 285 g/mol. The van der Waals surface area contributed by atoms with Gasteiger partial charge in [0.25, 0.3) is 0 Å². The van der Waals surface area contributed by atoms with Gasteiger partial charge in [0.1, 0.15) is 5.82 Å². The standard InChI is InChI=1S/C15H24FNOS/c1-3-10-17-15(2,12-18)9-4-11-19-14-7-5-13(16)6-8-14/h5-8,17-18H,3-4,9-12H2,1-2H3. The van der Waals surface area contributed by atoms with E-state index in [1.807, 2.05) is 0 Å². The van der Waals surface area contributed by atoms with Crippen LogP contribution in [0.1, 0.15) is 33.1 Å². The third-order valence-corrected chi connectivity index (χ3v) is 4.20. The Morgan fingerprint density at radius 1 is 1.32 bits per heavy atom. The van der Waals surface area contributed by atoms with Crippen LogP contribution in [0.4, 0.5) is 4.39 Å². The quantitative estimate of drug-likeness (QED) is 0.538. The van der Waals surface area contributed by atoms with E-state index in [1.54, 1.807) is 23.9 Å². The molecule has 2 nitrogen and oxygen atoms in total. The van der Waals surface area contributed by atoms with Crippen molar-refractivity contribution in [2.75, 3.05) is 18.9 Å². The van der Waals surface area contributed by atoms with Crippen LogP contribution in [0, 0.1) is 5.82 Å². The van der Waals surface area contributed by atoms with Crippen LogP contribution < -0.4 is 5.32 Å². The van der Waals surface area contributed by atoms with Gasteiger partial charge in [-0.25, -0.2) is 4.39 Å². The van der Waals surface area contributed by atoms with Crippen molar-refractivity contribution in [2.45, 2.75) is 43.5 Å². The van der Waals surface area contributed by atoms with E-state index < -0.39 is 0 Å². The first-order chi connectivity index (χ1) is 9.09. The van der Waals surface area contributed by atoms with E-state index in [0.717, 1.165) is 36.5 Å². The van der Waals surface area contributed by atoms with E-state index in [-0.39, 0.29) is 18.0 Å². The molecule has 0 saturated carbocycles. The van der Waals surface area contributed by atoms with Gasteiger partial charge in [-0.05, 0) is 62.7 Å². The molecule has 108 valence electrons. The van der Waals surface area contributed by atoms with E-state index in [0.29, 0.717) is 0 Å². The number of nitrogens with one attached hydrogen (secondary N) is 1. The molecular formula is C15H24FNOS. The summed E-state index contributed by atoms with van der Waals surface area (Å²) in [6, 6.07) is 6.59. The third-order valence-electron chi connectivity index (χ3n) is 3.11. The molecule has 0 radical (unpaired) electrons. The van der Waals surface area contributed by atoms with E-state index in [2.05, 4.69) is 19.2 Å². The van der Waals surface area contributed by atoms with Crippen LogP contribution in [0.5, 0.6) is 0 Å². The van der Waals surface area contributed by atoms with E-state index in [9.17, 15) is 9.50 Å². The molecule has 0 bridgehead atoms. The Kier molecular flexibility index (Phi) is 7.42. The molecule has 0 aliphatic carbocycles. The van der Waals surface area contributed by atoms with Crippen molar-refractivity contribution in [1.29, 1.82) is 0 Å². The number of aliphatic hydroxyl groups is 1. The van der Waals surface area contributed by atoms with Crippen LogP contribution in [0.3, 0.4) is 0 Å². The van der Waals surface area contributed by atoms with Crippen LogP contribution in [-0.2, 0) is 0 Å². The summed E-state index contributed by atoms with van der Waals surface area (Å²) in [7, 11) is 0. The van der Waals surface area contributed by atoms with Crippen LogP contribution in [0.2, 0.25) is 0 Å². The van der Waals surface area contributed by atoms with Gasteiger partial charge in [-0.3, -0.25) is 0 Å². The Labute approximate surface area is 119 Å². The van der Waals surface area contributed by atoms with Crippen LogP contribution in [0.15, 0.2) is 29.2 Å². The normalized spacial score (nSPS) is 14.3. The Hall–Kier alpha value is -0.580. The number of aliphatic hydroxyl groups excluding tert-OH is 1. The SMILES string of the molecule is CCCNC(C)(CO)CCCSc1ccc(F)cc1. The molecule has 0 spiro atoms. The average molecular weight is 285 g/mol. The molecule has 0 aliphatic heterocycles. The van der Waals surface area contributed by atoms with E-state index >= 15 is 0 Å². The Morgan fingerprint density at radius 3 is 2.58 bits per heavy atom. The van der Waals surface area contributed by atoms with E-state index in [1.165, 1.54) is 12.1 Å². The Morgan fingerprint density at radius 2 is 2.00 bits per heavy atom. The molecule has 0 amide bonds. The minimum absolute atomic E-state index is 0.161. The highest BCUT2D eigenvalue weighted by molar-refractivity contribution is 7.99. The predicted octanol–water partition coefficient (Wildman–Crippen LogP) is 3.45. The molecule has 0 heterocycles. The number of thioether (sulfide) groups is 1. The third kappa shape index (κ3) is 6.41. The van der Waals surface area contributed by atoms with Gasteiger partial charge in [0, 0.05) is 10.4 Å². The van der Waals surface area contributed by atoms with Gasteiger partial charge >= 0.3 is 0 Å². The summed E-state index contributed by atoms with van der Waals surface area (Å²) in [6.07, 6.45) is 3.04. The fraction of sp³-hybridized carbons (Fsp3) is 0.600. The summed E-state index contributed by atoms with van der Waals surface area (Å²) < 4.78 is 12.8. The number of rotatable bonds is 9. The molecule has 0 aromatic heterocycles. The van der Waals surface area contributed by atoms with Crippen LogP contribution >= 0.6 is 11.8 Å². The fourth-order valence-electron chi connectivity index (χ4n) is 1.83. The van der Waals surface area contributed by atoms with Crippen LogP contribution in [0.25, 0.3) is 0 Å². The fourth-order valence-corrected chi connectivity index (χ4v) is 2.69. The Bertz CT molecular complexity index is 358. The zero-order chi connectivity index (χ0) is 14.1. The topological polar surface area (TPSA) is 32.3 Å². The van der Waals surface area contributed by atoms with E-state index in [4.69, 9.17) is 0 Å². The molecule has 19 heavy (non-hydrogen) atoms. The summed E-state index contributed by atoms with van der Waals surface area (Å²) in [4.78, 5) is 1.09. The van der Waals surface area contributed by atoms with Crippen molar-refractivity contribution in [1.82, 2.24) is 5.32 Å². The summed E-state index contributed by atoms with van der Waals surface area (Å²) in [5.41, 5.74) is -0.181. The lowest BCUT2D eigenvalue weighted by molar-refractivity contribution is 0.165. The van der Waals surface area contributed by atoms with Crippen molar-refractivity contribution in [3.63, 3.8) is 0 Å². The average Bonchev–Trinajstić information content (AvgIpc) is 2.43. The summed E-state index contributed by atoms with van der Waals surface area (Å²) in [6.45, 7) is 5.27. The van der Waals surface area contributed by atoms with Gasteiger partial charge in [0.05, 0.1) is 6.61 Å². The Balaban J connectivity index is 2.26. The lowest BCUT2D eigenvalue weighted by Crippen LogP contribution is -2.46. The van der Waals surface area contributed by atoms with Crippen molar-refractivity contribution < 1.29 is 9.50 Å². The second-order valence-corrected chi connectivity index (χ2v) is 6.22.